The van der Waals surface area contributed by atoms with E-state index in [-0.39, 0.29) is 10.7 Å². The van der Waals surface area contributed by atoms with Crippen LogP contribution in [0.5, 0.6) is 0 Å². The molecule has 4 aromatic rings. The Bertz CT molecular complexity index is 1190. The van der Waals surface area contributed by atoms with E-state index in [0.29, 0.717) is 6.61 Å². The van der Waals surface area contributed by atoms with Crippen LogP contribution in [0.4, 0.5) is 11.5 Å². The molecular weight excluding hydrogens is 474 g/mol. The molecule has 0 aliphatic carbocycles. The van der Waals surface area contributed by atoms with Crippen molar-refractivity contribution in [2.75, 3.05) is 25.6 Å². The Labute approximate surface area is 192 Å². The van der Waals surface area contributed by atoms with E-state index < -0.39 is 0 Å². The van der Waals surface area contributed by atoms with Crippen molar-refractivity contribution in [1.29, 1.82) is 0 Å². The van der Waals surface area contributed by atoms with Crippen LogP contribution in [0.2, 0.25) is 0 Å². The predicted molar refractivity (Wildman–Crippen MR) is 133 cm³/mol. The molecule has 0 bridgehead atoms. The molecule has 4 rings (SSSR count). The monoisotopic (exact) mass is 497 g/mol. The number of fused-ring (bicyclic) bond motifs is 1. The minimum atomic E-state index is -0.115. The number of rotatable bonds is 8. The second-order valence-corrected chi connectivity index (χ2v) is 9.49. The highest BCUT2D eigenvalue weighted by atomic mass is 79.9. The van der Waals surface area contributed by atoms with Crippen LogP contribution >= 0.6 is 26.6 Å². The highest BCUT2D eigenvalue weighted by molar-refractivity contribution is 9.10. The van der Waals surface area contributed by atoms with Gasteiger partial charge in [0.05, 0.1) is 23.0 Å². The van der Waals surface area contributed by atoms with Crippen molar-refractivity contribution < 1.29 is 4.74 Å². The lowest BCUT2D eigenvalue weighted by molar-refractivity contribution is 0.205. The standard InChI is InChI=1S/C23H24BrN5OS/c1-3-31(26-13-14-30-2)19-11-9-18(10-12-19)27-22-15-21(17-7-5-4-6-8-17)28-23-20(24)16-25-29(22)23/h3-12,15-16,26-27H,13-14H2,1-2H3. The van der Waals surface area contributed by atoms with Crippen molar-refractivity contribution in [2.24, 2.45) is 0 Å². The molecule has 2 aromatic carbocycles. The molecule has 0 saturated heterocycles. The third kappa shape index (κ3) is 5.04. The molecule has 0 amide bonds. The van der Waals surface area contributed by atoms with Gasteiger partial charge in [0.1, 0.15) is 5.82 Å². The van der Waals surface area contributed by atoms with Gasteiger partial charge in [-0.15, -0.1) is 0 Å². The average Bonchev–Trinajstić information content (AvgIpc) is 3.19. The van der Waals surface area contributed by atoms with Gasteiger partial charge < -0.3 is 10.1 Å². The second kappa shape index (κ2) is 10.2. The number of ether oxygens (including phenoxy) is 1. The molecule has 2 N–H and O–H groups in total. The molecule has 2 aromatic heterocycles. The molecular formula is C23H24BrN5OS. The van der Waals surface area contributed by atoms with Crippen molar-refractivity contribution in [1.82, 2.24) is 19.3 Å². The number of methoxy groups -OCH3 is 1. The van der Waals surface area contributed by atoms with Crippen molar-refractivity contribution >= 4 is 49.1 Å². The third-order valence-electron chi connectivity index (χ3n) is 4.68. The topological polar surface area (TPSA) is 63.5 Å². The van der Waals surface area contributed by atoms with Crippen LogP contribution < -0.4 is 10.0 Å². The third-order valence-corrected chi connectivity index (χ3v) is 7.00. The van der Waals surface area contributed by atoms with Crippen LogP contribution in [-0.4, -0.2) is 40.2 Å². The molecule has 0 spiro atoms. The van der Waals surface area contributed by atoms with Crippen molar-refractivity contribution in [3.63, 3.8) is 0 Å². The van der Waals surface area contributed by atoms with Crippen LogP contribution in [0.25, 0.3) is 16.9 Å². The molecule has 2 heterocycles. The number of halogens is 1. The summed E-state index contributed by atoms with van der Waals surface area (Å²) in [6.07, 6.45) is 1.76. The van der Waals surface area contributed by atoms with Crippen molar-refractivity contribution in [3.8, 4) is 11.3 Å². The smallest absolute Gasteiger partial charge is 0.172 e. The first kappa shape index (κ1) is 21.7. The molecule has 0 aliphatic heterocycles. The first-order valence-corrected chi connectivity index (χ1v) is 12.0. The Morgan fingerprint density at radius 2 is 1.90 bits per heavy atom. The lowest BCUT2D eigenvalue weighted by atomic mass is 10.1. The number of aromatic nitrogens is 3. The van der Waals surface area contributed by atoms with E-state index in [4.69, 9.17) is 9.72 Å². The molecule has 0 fully saturated rings. The van der Waals surface area contributed by atoms with Gasteiger partial charge in [-0.05, 0) is 52.5 Å². The maximum Gasteiger partial charge on any atom is 0.172 e. The number of anilines is 2. The maximum atomic E-state index is 5.14. The van der Waals surface area contributed by atoms with Gasteiger partial charge in [-0.25, -0.2) is 4.98 Å². The Hall–Kier alpha value is -2.52. The van der Waals surface area contributed by atoms with Gasteiger partial charge in [-0.3, -0.25) is 4.72 Å². The summed E-state index contributed by atoms with van der Waals surface area (Å²) < 4.78 is 11.3. The summed E-state index contributed by atoms with van der Waals surface area (Å²) in [7, 11) is 1.60. The fourth-order valence-electron chi connectivity index (χ4n) is 3.17. The van der Waals surface area contributed by atoms with Crippen LogP contribution in [0.3, 0.4) is 0 Å². The summed E-state index contributed by atoms with van der Waals surface area (Å²) in [4.78, 5) is 6.02. The highest BCUT2D eigenvalue weighted by Gasteiger charge is 2.12. The largest absolute Gasteiger partial charge is 0.383 e. The summed E-state index contributed by atoms with van der Waals surface area (Å²) in [6, 6.07) is 20.6. The van der Waals surface area contributed by atoms with Gasteiger partial charge in [0.2, 0.25) is 0 Å². The van der Waals surface area contributed by atoms with Crippen LogP contribution in [-0.2, 0) is 4.74 Å². The molecule has 1 unspecified atom stereocenters. The molecule has 8 heteroatoms. The number of hydrogen-bond acceptors (Lipinski definition) is 5. The highest BCUT2D eigenvalue weighted by Crippen LogP contribution is 2.29. The minimum Gasteiger partial charge on any atom is -0.383 e. The van der Waals surface area contributed by atoms with Crippen LogP contribution in [0, 0.1) is 0 Å². The van der Waals surface area contributed by atoms with E-state index in [1.807, 2.05) is 24.3 Å². The molecule has 1 atom stereocenters. The Morgan fingerprint density at radius 1 is 1.13 bits per heavy atom. The van der Waals surface area contributed by atoms with Gasteiger partial charge >= 0.3 is 0 Å². The number of nitrogens with one attached hydrogen (secondary N) is 2. The molecule has 160 valence electrons. The Morgan fingerprint density at radius 3 is 2.61 bits per heavy atom. The SMILES string of the molecule is C/C=S(/NCCOC)c1ccc(Nc2cc(-c3ccccc3)nc3c(Br)cnn23)cc1. The van der Waals surface area contributed by atoms with Crippen molar-refractivity contribution in [3.05, 3.63) is 71.3 Å². The summed E-state index contributed by atoms with van der Waals surface area (Å²) >= 11 is 3.56. The van der Waals surface area contributed by atoms with Gasteiger partial charge in [-0.1, -0.05) is 41.0 Å². The molecule has 0 aliphatic rings. The zero-order valence-corrected chi connectivity index (χ0v) is 19.8. The first-order chi connectivity index (χ1) is 15.2. The van der Waals surface area contributed by atoms with Crippen LogP contribution in [0.1, 0.15) is 6.92 Å². The average molecular weight is 498 g/mol. The van der Waals surface area contributed by atoms with Gasteiger partial charge in [0.25, 0.3) is 0 Å². The summed E-state index contributed by atoms with van der Waals surface area (Å²) in [5.41, 5.74) is 3.70. The number of benzene rings is 2. The van der Waals surface area contributed by atoms with E-state index in [1.54, 1.807) is 17.8 Å². The first-order valence-electron chi connectivity index (χ1n) is 9.91. The summed E-state index contributed by atoms with van der Waals surface area (Å²) in [5, 5.41) is 10.1. The fourth-order valence-corrected chi connectivity index (χ4v) is 4.86. The van der Waals surface area contributed by atoms with Crippen molar-refractivity contribution in [2.45, 2.75) is 11.8 Å². The predicted octanol–water partition coefficient (Wildman–Crippen LogP) is 5.50. The molecule has 0 saturated carbocycles. The fraction of sp³-hybridized carbons (Fsp3) is 0.174. The summed E-state index contributed by atoms with van der Waals surface area (Å²) in [5.74, 6) is 0.849. The zero-order chi connectivity index (χ0) is 21.6. The van der Waals surface area contributed by atoms with E-state index >= 15 is 0 Å². The molecule has 0 radical (unpaired) electrons. The van der Waals surface area contributed by atoms with Gasteiger partial charge in [-0.2, -0.15) is 9.61 Å². The van der Waals surface area contributed by atoms with E-state index in [9.17, 15) is 0 Å². The normalized spacial score (nSPS) is 12.4. The van der Waals surface area contributed by atoms with Crippen LogP contribution in [0.15, 0.2) is 76.2 Å². The lowest BCUT2D eigenvalue weighted by Gasteiger charge is -2.13. The Kier molecular flexibility index (Phi) is 7.14. The molecule has 31 heavy (non-hydrogen) atoms. The number of hydrogen-bond donors (Lipinski definition) is 2. The summed E-state index contributed by atoms with van der Waals surface area (Å²) in [6.45, 7) is 3.58. The maximum absolute atomic E-state index is 5.14. The zero-order valence-electron chi connectivity index (χ0n) is 17.4. The van der Waals surface area contributed by atoms with Gasteiger partial charge in [0, 0.05) is 35.9 Å². The second-order valence-electron chi connectivity index (χ2n) is 6.73. The van der Waals surface area contributed by atoms with E-state index in [1.165, 1.54) is 4.90 Å². The van der Waals surface area contributed by atoms with E-state index in [0.717, 1.165) is 39.4 Å². The minimum absolute atomic E-state index is 0.115. The quantitative estimate of drug-likeness (QED) is 0.248. The lowest BCUT2D eigenvalue weighted by Crippen LogP contribution is -2.13. The Balaban J connectivity index is 1.62. The number of nitrogens with zero attached hydrogens (tertiary/aromatic N) is 3. The van der Waals surface area contributed by atoms with Gasteiger partial charge in [0.15, 0.2) is 5.65 Å². The van der Waals surface area contributed by atoms with E-state index in [2.05, 4.69) is 79.8 Å². The molecule has 6 nitrogen and oxygen atoms in total.